The molecule has 0 spiro atoms. The number of likely N-dealkylation sites (tertiary alicyclic amines) is 1. The fraction of sp³-hybridized carbons (Fsp3) is 0.237. The molecule has 0 unspecified atom stereocenters. The minimum absolute atomic E-state index is 0.225. The Balaban J connectivity index is 0.917. The van der Waals surface area contributed by atoms with Crippen molar-refractivity contribution in [3.63, 3.8) is 0 Å². The second kappa shape index (κ2) is 14.4. The number of H-pyrrole nitrogens is 1. The molecule has 0 radical (unpaired) electrons. The quantitative estimate of drug-likeness (QED) is 0.153. The van der Waals surface area contributed by atoms with Gasteiger partial charge in [0, 0.05) is 42.9 Å². The molecule has 1 saturated heterocycles. The molecule has 3 aromatic heterocycles. The smallest absolute Gasteiger partial charge is 0.332 e. The van der Waals surface area contributed by atoms with Crippen molar-refractivity contribution in [3.8, 4) is 40.3 Å². The van der Waals surface area contributed by atoms with Gasteiger partial charge in [-0.15, -0.1) is 0 Å². The van der Waals surface area contributed by atoms with E-state index >= 15 is 0 Å². The van der Waals surface area contributed by atoms with Crippen LogP contribution in [0.4, 0.5) is 5.82 Å². The number of para-hydroxylation sites is 1. The highest BCUT2D eigenvalue weighted by atomic mass is 16.5. The van der Waals surface area contributed by atoms with Crippen molar-refractivity contribution in [2.45, 2.75) is 38.1 Å². The molecule has 7 rings (SSSR count). The van der Waals surface area contributed by atoms with E-state index in [0.29, 0.717) is 11.5 Å². The third-order valence-corrected chi connectivity index (χ3v) is 8.76. The van der Waals surface area contributed by atoms with E-state index in [4.69, 9.17) is 15.6 Å². The third-order valence-electron chi connectivity index (χ3n) is 8.76. The molecular weight excluding hydrogens is 616 g/mol. The van der Waals surface area contributed by atoms with Gasteiger partial charge in [-0.05, 0) is 92.9 Å². The Morgan fingerprint density at radius 3 is 2.39 bits per heavy atom. The summed E-state index contributed by atoms with van der Waals surface area (Å²) in [6.45, 7) is 3.02. The Kier molecular flexibility index (Phi) is 9.30. The van der Waals surface area contributed by atoms with Crippen LogP contribution in [0.3, 0.4) is 0 Å². The molecule has 3 aromatic carbocycles. The van der Waals surface area contributed by atoms with Crippen LogP contribution in [0, 0.1) is 11.8 Å². The monoisotopic (exact) mass is 652 g/mol. The molecule has 3 N–H and O–H groups in total. The minimum atomic E-state index is -0.466. The van der Waals surface area contributed by atoms with Gasteiger partial charge in [0.15, 0.2) is 5.65 Å². The predicted octanol–water partition coefficient (Wildman–Crippen LogP) is 5.57. The molecule has 1 aliphatic heterocycles. The maximum Gasteiger partial charge on any atom is 0.332 e. The zero-order valence-corrected chi connectivity index (χ0v) is 27.0. The molecule has 1 fully saturated rings. The van der Waals surface area contributed by atoms with E-state index in [9.17, 15) is 9.59 Å². The summed E-state index contributed by atoms with van der Waals surface area (Å²) in [5, 5.41) is 5.84. The summed E-state index contributed by atoms with van der Waals surface area (Å²) < 4.78 is 9.42. The van der Waals surface area contributed by atoms with Crippen molar-refractivity contribution < 1.29 is 4.74 Å². The SMILES string of the molecule is Nc1ncnc2c1c(-c1ccc(Oc3ccccc3)cc1)nn2C1CCN(CCCCC#Cc2ccc(-n3ccc(=O)[nH]c3=O)cc2)CC1. The van der Waals surface area contributed by atoms with Gasteiger partial charge in [0.05, 0.1) is 17.1 Å². The molecule has 49 heavy (non-hydrogen) atoms. The number of nitrogens with zero attached hydrogens (tertiary/aromatic N) is 6. The first-order chi connectivity index (χ1) is 24.0. The van der Waals surface area contributed by atoms with Crippen LogP contribution in [0.5, 0.6) is 11.5 Å². The topological polar surface area (TPSA) is 137 Å². The molecule has 0 bridgehead atoms. The highest BCUT2D eigenvalue weighted by Crippen LogP contribution is 2.35. The van der Waals surface area contributed by atoms with Gasteiger partial charge in [0.25, 0.3) is 5.56 Å². The number of piperidine rings is 1. The van der Waals surface area contributed by atoms with Crippen LogP contribution in [0.2, 0.25) is 0 Å². The maximum atomic E-state index is 12.0. The predicted molar refractivity (Wildman–Crippen MR) is 190 cm³/mol. The molecular formula is C38H36N8O3. The van der Waals surface area contributed by atoms with Crippen LogP contribution in [0.1, 0.15) is 43.7 Å². The van der Waals surface area contributed by atoms with Crippen LogP contribution in [0.15, 0.2) is 107 Å². The number of ether oxygens (including phenoxy) is 1. The summed E-state index contributed by atoms with van der Waals surface area (Å²) in [5.74, 6) is 8.44. The van der Waals surface area contributed by atoms with E-state index in [2.05, 4.69) is 36.4 Å². The highest BCUT2D eigenvalue weighted by molar-refractivity contribution is 5.98. The zero-order valence-electron chi connectivity index (χ0n) is 27.0. The zero-order chi connectivity index (χ0) is 33.6. The molecule has 1 aliphatic rings. The van der Waals surface area contributed by atoms with Crippen LogP contribution in [-0.4, -0.2) is 53.8 Å². The first-order valence-electron chi connectivity index (χ1n) is 16.5. The van der Waals surface area contributed by atoms with Gasteiger partial charge in [-0.3, -0.25) is 14.3 Å². The molecule has 11 nitrogen and oxygen atoms in total. The number of rotatable bonds is 9. The van der Waals surface area contributed by atoms with Gasteiger partial charge in [-0.1, -0.05) is 30.0 Å². The van der Waals surface area contributed by atoms with Crippen molar-refractivity contribution in [1.29, 1.82) is 0 Å². The number of fused-ring (bicyclic) bond motifs is 1. The number of hydrogen-bond acceptors (Lipinski definition) is 8. The average molecular weight is 653 g/mol. The fourth-order valence-electron chi connectivity index (χ4n) is 6.18. The lowest BCUT2D eigenvalue weighted by Gasteiger charge is -2.32. The van der Waals surface area contributed by atoms with Crippen LogP contribution in [-0.2, 0) is 0 Å². The maximum absolute atomic E-state index is 12.0. The van der Waals surface area contributed by atoms with Crippen LogP contribution in [0.25, 0.3) is 28.0 Å². The Morgan fingerprint density at radius 2 is 1.63 bits per heavy atom. The summed E-state index contributed by atoms with van der Waals surface area (Å²) in [5.41, 5.74) is 9.55. The summed E-state index contributed by atoms with van der Waals surface area (Å²) in [6.07, 6.45) is 7.86. The van der Waals surface area contributed by atoms with Gasteiger partial charge in [-0.25, -0.2) is 19.4 Å². The Hall–Kier alpha value is -5.99. The van der Waals surface area contributed by atoms with Gasteiger partial charge in [0.1, 0.15) is 29.3 Å². The molecule has 6 aromatic rings. The number of anilines is 1. The van der Waals surface area contributed by atoms with E-state index in [1.54, 1.807) is 0 Å². The Labute approximate surface area is 283 Å². The first kappa shape index (κ1) is 31.6. The van der Waals surface area contributed by atoms with E-state index in [1.165, 1.54) is 23.2 Å². The van der Waals surface area contributed by atoms with E-state index in [0.717, 1.165) is 91.1 Å². The number of nitrogens with two attached hydrogens (primary N) is 1. The number of benzene rings is 3. The van der Waals surface area contributed by atoms with Crippen molar-refractivity contribution in [1.82, 2.24) is 34.2 Å². The van der Waals surface area contributed by atoms with Gasteiger partial charge in [-0.2, -0.15) is 5.10 Å². The van der Waals surface area contributed by atoms with E-state index in [1.807, 2.05) is 78.9 Å². The third kappa shape index (κ3) is 7.30. The molecule has 0 aliphatic carbocycles. The molecule has 246 valence electrons. The average Bonchev–Trinajstić information content (AvgIpc) is 3.52. The van der Waals surface area contributed by atoms with Crippen molar-refractivity contribution in [2.24, 2.45) is 0 Å². The molecule has 11 heteroatoms. The number of nitrogens with one attached hydrogen (secondary N) is 1. The van der Waals surface area contributed by atoms with Crippen LogP contribution < -0.4 is 21.7 Å². The summed E-state index contributed by atoms with van der Waals surface area (Å²) in [6, 6.07) is 26.5. The van der Waals surface area contributed by atoms with Crippen molar-refractivity contribution in [2.75, 3.05) is 25.4 Å². The second-order valence-corrected chi connectivity index (χ2v) is 12.0. The van der Waals surface area contributed by atoms with Gasteiger partial charge >= 0.3 is 5.69 Å². The van der Waals surface area contributed by atoms with E-state index in [-0.39, 0.29) is 6.04 Å². The standard InChI is InChI=1S/C38H36N8O3/c39-36-34-35(28-13-17-32(18-14-28)49-31-9-5-3-6-10-31)43-46(37(34)41-26-40-36)30-19-23-44(24-20-30)22-7-2-1-4-8-27-11-15-29(16-12-27)45-25-21-33(47)42-38(45)48/h3,5-6,9-18,21,25-26,30H,1-2,7,19-20,22-24H2,(H2,39,40,41)(H,42,47,48). The largest absolute Gasteiger partial charge is 0.457 e. The molecule has 0 atom stereocenters. The normalized spacial score (nSPS) is 13.6. The molecule has 4 heterocycles. The molecule has 0 saturated carbocycles. The van der Waals surface area contributed by atoms with Gasteiger partial charge in [0.2, 0.25) is 0 Å². The number of aromatic amines is 1. The Morgan fingerprint density at radius 1 is 0.878 bits per heavy atom. The number of nitrogen functional groups attached to an aromatic ring is 1. The van der Waals surface area contributed by atoms with Crippen molar-refractivity contribution in [3.05, 3.63) is 124 Å². The summed E-state index contributed by atoms with van der Waals surface area (Å²) in [7, 11) is 0. The number of hydrogen-bond donors (Lipinski definition) is 2. The van der Waals surface area contributed by atoms with Crippen molar-refractivity contribution >= 4 is 16.9 Å². The fourth-order valence-corrected chi connectivity index (χ4v) is 6.18. The van der Waals surface area contributed by atoms with E-state index < -0.39 is 11.2 Å². The second-order valence-electron chi connectivity index (χ2n) is 12.0. The number of unbranched alkanes of at least 4 members (excludes halogenated alkanes) is 2. The first-order valence-corrected chi connectivity index (χ1v) is 16.5. The highest BCUT2D eigenvalue weighted by Gasteiger charge is 2.26. The number of aromatic nitrogens is 6. The summed E-state index contributed by atoms with van der Waals surface area (Å²) in [4.78, 5) is 37.0. The Bertz CT molecular complexity index is 2220. The minimum Gasteiger partial charge on any atom is -0.457 e. The summed E-state index contributed by atoms with van der Waals surface area (Å²) >= 11 is 0. The lowest BCUT2D eigenvalue weighted by molar-refractivity contribution is 0.179. The van der Waals surface area contributed by atoms with Gasteiger partial charge < -0.3 is 15.4 Å². The lowest BCUT2D eigenvalue weighted by Crippen LogP contribution is -2.35. The molecule has 0 amide bonds. The van der Waals surface area contributed by atoms with Crippen LogP contribution >= 0.6 is 0 Å². The lowest BCUT2D eigenvalue weighted by atomic mass is 10.0.